The van der Waals surface area contributed by atoms with Crippen molar-refractivity contribution in [3.8, 4) is 5.75 Å². The Labute approximate surface area is 96.4 Å². The van der Waals surface area contributed by atoms with Gasteiger partial charge in [0.05, 0.1) is 12.1 Å². The molecule has 0 saturated carbocycles. The Morgan fingerprint density at radius 2 is 2.00 bits per heavy atom. The number of nitrogens with two attached hydrogens (primary N) is 1. The molecule has 0 aliphatic rings. The summed E-state index contributed by atoms with van der Waals surface area (Å²) in [6, 6.07) is 4.08. The van der Waals surface area contributed by atoms with E-state index in [1.165, 1.54) is 16.7 Å². The maximum absolute atomic E-state index is 5.49. The third-order valence-electron chi connectivity index (χ3n) is 2.71. The molecule has 2 N–H and O–H groups in total. The molecule has 0 atom stereocenters. The largest absolute Gasteiger partial charge is 0.496 e. The minimum atomic E-state index is 0.572. The number of hydrogen-bond donors (Lipinski definition) is 1. The van der Waals surface area contributed by atoms with Gasteiger partial charge in [-0.1, -0.05) is 18.3 Å². The lowest BCUT2D eigenvalue weighted by molar-refractivity contribution is 0.411. The fourth-order valence-corrected chi connectivity index (χ4v) is 1.70. The molecule has 0 bridgehead atoms. The first-order valence-electron chi connectivity index (χ1n) is 4.97. The van der Waals surface area contributed by atoms with Crippen molar-refractivity contribution in [1.82, 2.24) is 0 Å². The van der Waals surface area contributed by atoms with Gasteiger partial charge in [-0.25, -0.2) is 0 Å². The maximum atomic E-state index is 5.49. The van der Waals surface area contributed by atoms with E-state index >= 15 is 0 Å². The van der Waals surface area contributed by atoms with Crippen LogP contribution in [-0.4, -0.2) is 12.1 Å². The molecule has 3 heteroatoms. The minimum absolute atomic E-state index is 0.572. The van der Waals surface area contributed by atoms with Crippen molar-refractivity contribution in [1.29, 1.82) is 0 Å². The van der Waals surface area contributed by atoms with Gasteiger partial charge < -0.3 is 10.5 Å². The van der Waals surface area contributed by atoms with Crippen molar-refractivity contribution < 1.29 is 4.74 Å². The average molecular weight is 223 g/mol. The standard InChI is InChI=1S/C12H17NOS/c1-8-9(2)11(14-3)6-4-10(8)5-7-12(13)15/h4,6H,5,7H2,1-3H3,(H2,13,15). The minimum Gasteiger partial charge on any atom is -0.496 e. The molecule has 0 fully saturated rings. The molecular weight excluding hydrogens is 206 g/mol. The molecule has 15 heavy (non-hydrogen) atoms. The number of ether oxygens (including phenoxy) is 1. The summed E-state index contributed by atoms with van der Waals surface area (Å²) in [5.74, 6) is 0.937. The fraction of sp³-hybridized carbons (Fsp3) is 0.417. The van der Waals surface area contributed by atoms with Crippen LogP contribution in [0, 0.1) is 13.8 Å². The molecule has 0 heterocycles. The summed E-state index contributed by atoms with van der Waals surface area (Å²) in [6.07, 6.45) is 1.67. The van der Waals surface area contributed by atoms with Crippen LogP contribution in [0.15, 0.2) is 12.1 Å². The first kappa shape index (κ1) is 12.0. The lowest BCUT2D eigenvalue weighted by atomic mass is 9.99. The highest BCUT2D eigenvalue weighted by atomic mass is 32.1. The lowest BCUT2D eigenvalue weighted by Crippen LogP contribution is -2.09. The summed E-state index contributed by atoms with van der Waals surface area (Å²) in [7, 11) is 1.69. The average Bonchev–Trinajstić information content (AvgIpc) is 2.20. The van der Waals surface area contributed by atoms with Gasteiger partial charge >= 0.3 is 0 Å². The first-order chi connectivity index (χ1) is 7.06. The van der Waals surface area contributed by atoms with E-state index in [0.717, 1.165) is 18.6 Å². The van der Waals surface area contributed by atoms with Crippen LogP contribution in [-0.2, 0) is 6.42 Å². The van der Waals surface area contributed by atoms with Crippen molar-refractivity contribution in [2.75, 3.05) is 7.11 Å². The van der Waals surface area contributed by atoms with Gasteiger partial charge in [-0.3, -0.25) is 0 Å². The predicted molar refractivity (Wildman–Crippen MR) is 67.6 cm³/mol. The number of hydrogen-bond acceptors (Lipinski definition) is 2. The van der Waals surface area contributed by atoms with E-state index in [1.54, 1.807) is 7.11 Å². The second-order valence-corrected chi connectivity index (χ2v) is 4.17. The van der Waals surface area contributed by atoms with Crippen molar-refractivity contribution in [3.05, 3.63) is 28.8 Å². The molecular formula is C12H17NOS. The zero-order chi connectivity index (χ0) is 11.4. The van der Waals surface area contributed by atoms with Crippen LogP contribution in [0.1, 0.15) is 23.1 Å². The van der Waals surface area contributed by atoms with E-state index in [9.17, 15) is 0 Å². The molecule has 0 aliphatic heterocycles. The Bertz CT molecular complexity index is 374. The molecule has 0 radical (unpaired) electrons. The van der Waals surface area contributed by atoms with E-state index in [1.807, 2.05) is 6.07 Å². The van der Waals surface area contributed by atoms with Gasteiger partial charge in [0.15, 0.2) is 0 Å². The highest BCUT2D eigenvalue weighted by Crippen LogP contribution is 2.24. The third kappa shape index (κ3) is 2.93. The van der Waals surface area contributed by atoms with Crippen LogP contribution in [0.2, 0.25) is 0 Å². The Hall–Kier alpha value is -1.09. The number of thiocarbonyl (C=S) groups is 1. The molecule has 0 aromatic heterocycles. The van der Waals surface area contributed by atoms with Crippen LogP contribution >= 0.6 is 12.2 Å². The smallest absolute Gasteiger partial charge is 0.122 e. The number of methoxy groups -OCH3 is 1. The second kappa shape index (κ2) is 5.12. The van der Waals surface area contributed by atoms with Gasteiger partial charge in [-0.05, 0) is 43.0 Å². The molecule has 1 aromatic carbocycles. The highest BCUT2D eigenvalue weighted by Gasteiger charge is 2.06. The second-order valence-electron chi connectivity index (χ2n) is 3.64. The Morgan fingerprint density at radius 3 is 2.53 bits per heavy atom. The van der Waals surface area contributed by atoms with Crippen LogP contribution in [0.4, 0.5) is 0 Å². The molecule has 0 aliphatic carbocycles. The predicted octanol–water partition coefficient (Wildman–Crippen LogP) is 2.53. The van der Waals surface area contributed by atoms with E-state index in [4.69, 9.17) is 22.7 Å². The molecule has 0 amide bonds. The quantitative estimate of drug-likeness (QED) is 0.797. The molecule has 0 saturated heterocycles. The summed E-state index contributed by atoms with van der Waals surface area (Å²) in [5, 5.41) is 0. The van der Waals surface area contributed by atoms with E-state index in [2.05, 4.69) is 19.9 Å². The van der Waals surface area contributed by atoms with Gasteiger partial charge in [0.2, 0.25) is 0 Å². The molecule has 1 rings (SSSR count). The van der Waals surface area contributed by atoms with Gasteiger partial charge in [0, 0.05) is 6.42 Å². The van der Waals surface area contributed by atoms with Gasteiger partial charge in [0.25, 0.3) is 0 Å². The van der Waals surface area contributed by atoms with Crippen molar-refractivity contribution in [2.45, 2.75) is 26.7 Å². The Morgan fingerprint density at radius 1 is 1.33 bits per heavy atom. The first-order valence-corrected chi connectivity index (χ1v) is 5.38. The number of benzene rings is 1. The van der Waals surface area contributed by atoms with E-state index in [-0.39, 0.29) is 0 Å². The number of rotatable bonds is 4. The molecule has 82 valence electrons. The third-order valence-corrected chi connectivity index (χ3v) is 2.91. The molecule has 0 unspecified atom stereocenters. The van der Waals surface area contributed by atoms with E-state index in [0.29, 0.717) is 4.99 Å². The van der Waals surface area contributed by atoms with Crippen molar-refractivity contribution in [3.63, 3.8) is 0 Å². The van der Waals surface area contributed by atoms with Gasteiger partial charge in [-0.15, -0.1) is 0 Å². The summed E-state index contributed by atoms with van der Waals surface area (Å²) in [4.78, 5) is 0.572. The zero-order valence-corrected chi connectivity index (χ0v) is 10.3. The Balaban J connectivity index is 2.91. The van der Waals surface area contributed by atoms with Crippen molar-refractivity contribution >= 4 is 17.2 Å². The van der Waals surface area contributed by atoms with Crippen LogP contribution in [0.3, 0.4) is 0 Å². The SMILES string of the molecule is COc1ccc(CCC(N)=S)c(C)c1C. The molecule has 0 spiro atoms. The topological polar surface area (TPSA) is 35.2 Å². The Kier molecular flexibility index (Phi) is 4.09. The zero-order valence-electron chi connectivity index (χ0n) is 9.46. The van der Waals surface area contributed by atoms with Crippen LogP contribution < -0.4 is 10.5 Å². The van der Waals surface area contributed by atoms with Crippen LogP contribution in [0.5, 0.6) is 5.75 Å². The summed E-state index contributed by atoms with van der Waals surface area (Å²) >= 11 is 4.87. The van der Waals surface area contributed by atoms with Gasteiger partial charge in [-0.2, -0.15) is 0 Å². The summed E-state index contributed by atoms with van der Waals surface area (Å²) in [6.45, 7) is 4.17. The molecule has 1 aromatic rings. The van der Waals surface area contributed by atoms with Crippen molar-refractivity contribution in [2.24, 2.45) is 5.73 Å². The summed E-state index contributed by atoms with van der Waals surface area (Å²) < 4.78 is 5.26. The van der Waals surface area contributed by atoms with E-state index < -0.39 is 0 Å². The molecule has 2 nitrogen and oxygen atoms in total. The maximum Gasteiger partial charge on any atom is 0.122 e. The van der Waals surface area contributed by atoms with Crippen LogP contribution in [0.25, 0.3) is 0 Å². The lowest BCUT2D eigenvalue weighted by Gasteiger charge is -2.12. The fourth-order valence-electron chi connectivity index (χ4n) is 1.60. The highest BCUT2D eigenvalue weighted by molar-refractivity contribution is 7.80. The number of aryl methyl sites for hydroxylation is 1. The van der Waals surface area contributed by atoms with Gasteiger partial charge in [0.1, 0.15) is 5.75 Å². The monoisotopic (exact) mass is 223 g/mol. The normalized spacial score (nSPS) is 10.1. The summed E-state index contributed by atoms with van der Waals surface area (Å²) in [5.41, 5.74) is 9.25.